The van der Waals surface area contributed by atoms with Gasteiger partial charge >= 0.3 is 0 Å². The Morgan fingerprint density at radius 2 is 2.13 bits per heavy atom. The molecule has 162 valence electrons. The van der Waals surface area contributed by atoms with Crippen LogP contribution < -0.4 is 20.1 Å². The first-order chi connectivity index (χ1) is 14.8. The Morgan fingerprint density at radius 3 is 2.74 bits per heavy atom. The molecule has 1 fully saturated rings. The highest BCUT2D eigenvalue weighted by molar-refractivity contribution is 6.09. The Bertz CT molecular complexity index is 1070. The third-order valence-corrected chi connectivity index (χ3v) is 4.68. The topological polar surface area (TPSA) is 130 Å². The second-order valence-corrected chi connectivity index (χ2v) is 7.65. The summed E-state index contributed by atoms with van der Waals surface area (Å²) >= 11 is 0. The zero-order chi connectivity index (χ0) is 22.5. The summed E-state index contributed by atoms with van der Waals surface area (Å²) in [5.74, 6) is -0.0714. The number of aromatic nitrogens is 1. The molecule has 1 aromatic heterocycles. The van der Waals surface area contributed by atoms with E-state index in [-0.39, 0.29) is 54.0 Å². The van der Waals surface area contributed by atoms with Gasteiger partial charge in [-0.3, -0.25) is 14.4 Å². The van der Waals surface area contributed by atoms with Crippen molar-refractivity contribution < 1.29 is 23.9 Å². The van der Waals surface area contributed by atoms with Gasteiger partial charge in [0.1, 0.15) is 24.2 Å². The van der Waals surface area contributed by atoms with Gasteiger partial charge in [0.25, 0.3) is 5.91 Å². The highest BCUT2D eigenvalue weighted by atomic mass is 16.5. The van der Waals surface area contributed by atoms with Crippen LogP contribution in [-0.2, 0) is 9.59 Å². The number of carbonyl (C=O) groups excluding carboxylic acids is 3. The van der Waals surface area contributed by atoms with E-state index in [0.29, 0.717) is 29.4 Å². The van der Waals surface area contributed by atoms with Crippen molar-refractivity contribution in [3.8, 4) is 17.7 Å². The maximum Gasteiger partial charge on any atom is 0.253 e. The van der Waals surface area contributed by atoms with E-state index in [4.69, 9.17) is 9.47 Å². The number of ether oxygens (including phenoxy) is 2. The SMILES string of the molecule is CC(=O)CNC(=O)c1cnc(OC[C@@H]2CCC(=O)N2)c2cc(OC(C)C)c(C#N)cc12. The van der Waals surface area contributed by atoms with Crippen LogP contribution in [0.5, 0.6) is 11.6 Å². The lowest BCUT2D eigenvalue weighted by molar-refractivity contribution is -0.119. The molecule has 1 saturated heterocycles. The van der Waals surface area contributed by atoms with Gasteiger partial charge < -0.3 is 20.1 Å². The van der Waals surface area contributed by atoms with Gasteiger partial charge in [-0.05, 0) is 39.3 Å². The van der Waals surface area contributed by atoms with E-state index in [0.717, 1.165) is 0 Å². The van der Waals surface area contributed by atoms with Gasteiger partial charge in [0.2, 0.25) is 11.8 Å². The van der Waals surface area contributed by atoms with Crippen molar-refractivity contribution >= 4 is 28.4 Å². The number of amides is 2. The molecule has 2 amide bonds. The van der Waals surface area contributed by atoms with E-state index in [2.05, 4.69) is 21.7 Å². The van der Waals surface area contributed by atoms with E-state index >= 15 is 0 Å². The predicted molar refractivity (Wildman–Crippen MR) is 112 cm³/mol. The van der Waals surface area contributed by atoms with E-state index in [1.165, 1.54) is 13.1 Å². The molecule has 1 aliphatic rings. The van der Waals surface area contributed by atoms with Crippen molar-refractivity contribution in [2.24, 2.45) is 0 Å². The second-order valence-electron chi connectivity index (χ2n) is 7.65. The summed E-state index contributed by atoms with van der Waals surface area (Å²) in [6.07, 6.45) is 2.31. The van der Waals surface area contributed by atoms with E-state index in [1.807, 2.05) is 13.8 Å². The fourth-order valence-electron chi connectivity index (χ4n) is 3.26. The first kappa shape index (κ1) is 22.0. The molecule has 1 aromatic carbocycles. The molecule has 0 bridgehead atoms. The summed E-state index contributed by atoms with van der Waals surface area (Å²) in [6.45, 7) is 5.17. The number of pyridine rings is 1. The molecule has 2 heterocycles. The molecule has 9 nitrogen and oxygen atoms in total. The number of nitriles is 1. The molecular weight excluding hydrogens is 400 g/mol. The van der Waals surface area contributed by atoms with Crippen LogP contribution in [0.15, 0.2) is 18.3 Å². The smallest absolute Gasteiger partial charge is 0.253 e. The highest BCUT2D eigenvalue weighted by Crippen LogP contribution is 2.33. The normalized spacial score (nSPS) is 15.5. The molecule has 0 aliphatic carbocycles. The monoisotopic (exact) mass is 424 g/mol. The van der Waals surface area contributed by atoms with Gasteiger partial charge in [0, 0.05) is 23.4 Å². The third-order valence-electron chi connectivity index (χ3n) is 4.68. The number of benzene rings is 1. The summed E-state index contributed by atoms with van der Waals surface area (Å²) in [7, 11) is 0. The molecule has 2 aromatic rings. The summed E-state index contributed by atoms with van der Waals surface area (Å²) < 4.78 is 11.6. The van der Waals surface area contributed by atoms with E-state index in [9.17, 15) is 19.6 Å². The number of hydrogen-bond donors (Lipinski definition) is 2. The molecule has 1 aliphatic heterocycles. The fourth-order valence-corrected chi connectivity index (χ4v) is 3.26. The van der Waals surface area contributed by atoms with Crippen molar-refractivity contribution in [3.05, 3.63) is 29.5 Å². The van der Waals surface area contributed by atoms with E-state index < -0.39 is 5.91 Å². The molecule has 2 N–H and O–H groups in total. The number of ketones is 1. The molecule has 0 unspecified atom stereocenters. The largest absolute Gasteiger partial charge is 0.490 e. The Kier molecular flexibility index (Phi) is 6.70. The van der Waals surface area contributed by atoms with Crippen LogP contribution in [0.2, 0.25) is 0 Å². The summed E-state index contributed by atoms with van der Waals surface area (Å²) in [4.78, 5) is 39.6. The van der Waals surface area contributed by atoms with Gasteiger partial charge in [0.05, 0.1) is 29.8 Å². The van der Waals surface area contributed by atoms with Gasteiger partial charge in [-0.2, -0.15) is 5.26 Å². The lowest BCUT2D eigenvalue weighted by Crippen LogP contribution is -2.31. The average Bonchev–Trinajstić information content (AvgIpc) is 3.14. The zero-order valence-electron chi connectivity index (χ0n) is 17.7. The van der Waals surface area contributed by atoms with Crippen molar-refractivity contribution in [2.75, 3.05) is 13.2 Å². The standard InChI is InChI=1S/C22H24N4O5/c1-12(2)31-19-7-17-16(6-14(19)8-23)18(21(29)24-9-13(3)27)10-25-22(17)30-11-15-4-5-20(28)26-15/h6-7,10,12,15H,4-5,9,11H2,1-3H3,(H,24,29)(H,26,28)/t15-/m0/s1. The molecular formula is C22H24N4O5. The van der Waals surface area contributed by atoms with Crippen molar-refractivity contribution in [1.29, 1.82) is 5.26 Å². The number of rotatable bonds is 8. The first-order valence-corrected chi connectivity index (χ1v) is 10.0. The van der Waals surface area contributed by atoms with Crippen molar-refractivity contribution in [3.63, 3.8) is 0 Å². The number of Topliss-reactive ketones (excluding diaryl/α,β-unsaturated/α-hetero) is 1. The summed E-state index contributed by atoms with van der Waals surface area (Å²) in [6, 6.07) is 5.16. The number of fused-ring (bicyclic) bond motifs is 1. The maximum absolute atomic E-state index is 12.6. The predicted octanol–water partition coefficient (Wildman–Crippen LogP) is 1.87. The lowest BCUT2D eigenvalue weighted by Gasteiger charge is -2.17. The minimum atomic E-state index is -0.483. The van der Waals surface area contributed by atoms with Crippen LogP contribution in [0.3, 0.4) is 0 Å². The summed E-state index contributed by atoms with van der Waals surface area (Å²) in [5.41, 5.74) is 0.479. The Labute approximate surface area is 179 Å². The van der Waals surface area contributed by atoms with E-state index in [1.54, 1.807) is 12.1 Å². The Balaban J connectivity index is 2.03. The van der Waals surface area contributed by atoms with Crippen molar-refractivity contribution in [1.82, 2.24) is 15.6 Å². The number of nitrogens with one attached hydrogen (secondary N) is 2. The lowest BCUT2D eigenvalue weighted by atomic mass is 10.0. The molecule has 0 spiro atoms. The zero-order valence-corrected chi connectivity index (χ0v) is 17.7. The quantitative estimate of drug-likeness (QED) is 0.661. The average molecular weight is 424 g/mol. The third kappa shape index (κ3) is 5.28. The Morgan fingerprint density at radius 1 is 1.35 bits per heavy atom. The molecule has 0 saturated carbocycles. The minimum Gasteiger partial charge on any atom is -0.490 e. The fraction of sp³-hybridized carbons (Fsp3) is 0.409. The second kappa shape index (κ2) is 9.43. The van der Waals surface area contributed by atoms with Crippen LogP contribution >= 0.6 is 0 Å². The van der Waals surface area contributed by atoms with Gasteiger partial charge in [-0.25, -0.2) is 4.98 Å². The van der Waals surface area contributed by atoms with Crippen LogP contribution in [0.1, 0.15) is 49.5 Å². The van der Waals surface area contributed by atoms with Gasteiger partial charge in [0.15, 0.2) is 0 Å². The summed E-state index contributed by atoms with van der Waals surface area (Å²) in [5, 5.41) is 15.9. The molecule has 1 atom stereocenters. The maximum atomic E-state index is 12.6. The van der Waals surface area contributed by atoms with Gasteiger partial charge in [-0.1, -0.05) is 0 Å². The number of carbonyl (C=O) groups is 3. The molecule has 3 rings (SSSR count). The number of nitrogens with zero attached hydrogens (tertiary/aromatic N) is 2. The van der Waals surface area contributed by atoms with Crippen molar-refractivity contribution in [2.45, 2.75) is 45.8 Å². The van der Waals surface area contributed by atoms with Crippen LogP contribution in [0.25, 0.3) is 10.8 Å². The highest BCUT2D eigenvalue weighted by Gasteiger charge is 2.23. The minimum absolute atomic E-state index is 0.0183. The van der Waals surface area contributed by atoms with Crippen LogP contribution in [0.4, 0.5) is 0 Å². The molecule has 0 radical (unpaired) electrons. The Hall–Kier alpha value is -3.67. The van der Waals surface area contributed by atoms with Crippen LogP contribution in [0, 0.1) is 11.3 Å². The molecule has 9 heteroatoms. The first-order valence-electron chi connectivity index (χ1n) is 10.0. The van der Waals surface area contributed by atoms with Crippen LogP contribution in [-0.4, -0.2) is 47.9 Å². The number of hydrogen-bond acceptors (Lipinski definition) is 7. The molecule has 31 heavy (non-hydrogen) atoms. The van der Waals surface area contributed by atoms with Gasteiger partial charge in [-0.15, -0.1) is 0 Å².